The van der Waals surface area contributed by atoms with E-state index in [9.17, 15) is 0 Å². The summed E-state index contributed by atoms with van der Waals surface area (Å²) in [7, 11) is 0. The zero-order chi connectivity index (χ0) is 21.9. The van der Waals surface area contributed by atoms with Crippen LogP contribution in [-0.2, 0) is 10.2 Å². The number of hydrogen-bond acceptors (Lipinski definition) is 8. The molecule has 0 atom stereocenters. The summed E-state index contributed by atoms with van der Waals surface area (Å²) < 4.78 is 5.69. The lowest BCUT2D eigenvalue weighted by atomic mass is 9.83. The summed E-state index contributed by atoms with van der Waals surface area (Å²) >= 11 is 0. The van der Waals surface area contributed by atoms with Crippen molar-refractivity contribution in [3.63, 3.8) is 0 Å². The Labute approximate surface area is 176 Å². The van der Waals surface area contributed by atoms with Gasteiger partial charge in [-0.25, -0.2) is 4.98 Å². The van der Waals surface area contributed by atoms with Crippen LogP contribution in [0.4, 0.5) is 5.69 Å². The molecule has 2 aromatic rings. The molecule has 1 fully saturated rings. The monoisotopic (exact) mass is 407 g/mol. The third-order valence-electron chi connectivity index (χ3n) is 5.03. The van der Waals surface area contributed by atoms with Gasteiger partial charge >= 0.3 is 0 Å². The van der Waals surface area contributed by atoms with Crippen LogP contribution >= 0.6 is 0 Å². The average Bonchev–Trinajstić information content (AvgIpc) is 3.54. The molecule has 0 saturated heterocycles. The highest BCUT2D eigenvalue weighted by Gasteiger charge is 2.28. The van der Waals surface area contributed by atoms with Crippen molar-refractivity contribution in [2.24, 2.45) is 15.9 Å². The highest BCUT2D eigenvalue weighted by Crippen LogP contribution is 2.44. The Morgan fingerprint density at radius 2 is 2.10 bits per heavy atom. The maximum atomic E-state index is 7.26. The predicted octanol–water partition coefficient (Wildman–Crippen LogP) is 3.37. The Morgan fingerprint density at radius 3 is 2.67 bits per heavy atom. The van der Waals surface area contributed by atoms with Crippen molar-refractivity contribution in [1.29, 1.82) is 5.41 Å². The molecule has 1 aromatic carbocycles. The quantitative estimate of drug-likeness (QED) is 0.241. The highest BCUT2D eigenvalue weighted by atomic mass is 16.5. The second-order valence-electron chi connectivity index (χ2n) is 8.36. The minimum atomic E-state index is -0.109. The molecule has 3 rings (SSSR count). The molecule has 6 N–H and O–H groups in total. The molecule has 0 aliphatic heterocycles. The van der Waals surface area contributed by atoms with Gasteiger partial charge < -0.3 is 26.9 Å². The van der Waals surface area contributed by atoms with Crippen molar-refractivity contribution in [2.45, 2.75) is 44.9 Å². The van der Waals surface area contributed by atoms with Gasteiger partial charge in [0.05, 0.1) is 11.2 Å². The fraction of sp³-hybridized carbons (Fsp3) is 0.364. The number of nitrogens with one attached hydrogen (secondary N) is 2. The van der Waals surface area contributed by atoms with E-state index in [1.165, 1.54) is 24.6 Å². The first-order valence-electron chi connectivity index (χ1n) is 9.86. The molecule has 30 heavy (non-hydrogen) atoms. The summed E-state index contributed by atoms with van der Waals surface area (Å²) in [6.45, 7) is 9.95. The summed E-state index contributed by atoms with van der Waals surface area (Å²) in [5.41, 5.74) is 16.5. The first-order valence-corrected chi connectivity index (χ1v) is 9.86. The van der Waals surface area contributed by atoms with Crippen molar-refractivity contribution >= 4 is 35.4 Å². The van der Waals surface area contributed by atoms with E-state index in [4.69, 9.17) is 26.6 Å². The number of fused-ring (bicyclic) bond motifs is 1. The number of benzene rings is 1. The van der Waals surface area contributed by atoms with E-state index in [-0.39, 0.29) is 18.0 Å². The van der Waals surface area contributed by atoms with Gasteiger partial charge in [-0.1, -0.05) is 26.8 Å². The van der Waals surface area contributed by atoms with Crippen LogP contribution in [0.5, 0.6) is 0 Å². The molecule has 1 aromatic heterocycles. The van der Waals surface area contributed by atoms with Gasteiger partial charge in [0, 0.05) is 30.2 Å². The molecular formula is C22H29N7O. The third kappa shape index (κ3) is 4.59. The normalized spacial score (nSPS) is 15.2. The summed E-state index contributed by atoms with van der Waals surface area (Å²) in [6.07, 6.45) is 4.81. The van der Waals surface area contributed by atoms with Gasteiger partial charge in [-0.3, -0.25) is 0 Å². The fourth-order valence-electron chi connectivity index (χ4n) is 3.27. The number of rotatable bonds is 7. The van der Waals surface area contributed by atoms with Gasteiger partial charge in [-0.2, -0.15) is 5.10 Å². The fourth-order valence-corrected chi connectivity index (χ4v) is 3.27. The molecule has 158 valence electrons. The lowest BCUT2D eigenvalue weighted by molar-refractivity contribution is 0.287. The Balaban J connectivity index is 2.05. The van der Waals surface area contributed by atoms with Crippen LogP contribution in [-0.4, -0.2) is 30.5 Å². The molecular weight excluding hydrogens is 378 g/mol. The van der Waals surface area contributed by atoms with Gasteiger partial charge in [0.25, 0.3) is 5.90 Å². The minimum absolute atomic E-state index is 0.0269. The minimum Gasteiger partial charge on any atom is -0.454 e. The molecule has 0 amide bonds. The molecule has 1 aliphatic carbocycles. The van der Waals surface area contributed by atoms with Crippen molar-refractivity contribution in [2.75, 3.05) is 12.5 Å². The lowest BCUT2D eigenvalue weighted by Gasteiger charge is -2.23. The van der Waals surface area contributed by atoms with Gasteiger partial charge in [0.15, 0.2) is 6.73 Å². The number of nitrogens with zero attached hydrogens (tertiary/aromatic N) is 3. The molecule has 0 bridgehead atoms. The Hall–Kier alpha value is -3.42. The molecule has 1 heterocycles. The molecule has 1 saturated carbocycles. The Morgan fingerprint density at radius 1 is 1.37 bits per heavy atom. The van der Waals surface area contributed by atoms with Crippen LogP contribution in [0.1, 0.15) is 56.4 Å². The van der Waals surface area contributed by atoms with Crippen molar-refractivity contribution in [3.05, 3.63) is 46.9 Å². The van der Waals surface area contributed by atoms with Gasteiger partial charge in [-0.05, 0) is 47.4 Å². The molecule has 0 spiro atoms. The van der Waals surface area contributed by atoms with Gasteiger partial charge in [0.1, 0.15) is 5.69 Å². The van der Waals surface area contributed by atoms with E-state index in [0.29, 0.717) is 23.0 Å². The van der Waals surface area contributed by atoms with E-state index in [0.717, 1.165) is 22.7 Å². The largest absolute Gasteiger partial charge is 0.454 e. The maximum absolute atomic E-state index is 7.26. The number of aromatic nitrogens is 1. The topological polar surface area (TPSA) is 135 Å². The summed E-state index contributed by atoms with van der Waals surface area (Å²) in [5.74, 6) is 0.795. The van der Waals surface area contributed by atoms with E-state index in [1.807, 2.05) is 0 Å². The molecule has 0 unspecified atom stereocenters. The lowest BCUT2D eigenvalue weighted by Crippen LogP contribution is -2.23. The molecule has 8 nitrogen and oxygen atoms in total. The van der Waals surface area contributed by atoms with Crippen molar-refractivity contribution in [1.82, 2.24) is 10.3 Å². The van der Waals surface area contributed by atoms with Crippen LogP contribution in [0.25, 0.3) is 10.9 Å². The average molecular weight is 408 g/mol. The SMILES string of the molecule is C=N/N=C(\OCN/C(C=N)=C/N)c1cc(N)c2cc(C3CC3)cc(C(C)(C)C)c2n1. The van der Waals surface area contributed by atoms with Crippen LogP contribution in [0.3, 0.4) is 0 Å². The number of pyridine rings is 1. The van der Waals surface area contributed by atoms with Crippen molar-refractivity contribution < 1.29 is 4.74 Å². The second kappa shape index (κ2) is 8.52. The van der Waals surface area contributed by atoms with Crippen molar-refractivity contribution in [3.8, 4) is 0 Å². The number of anilines is 1. The third-order valence-corrected chi connectivity index (χ3v) is 5.03. The number of allylic oxidation sites excluding steroid dienone is 1. The number of nitrogens with two attached hydrogens (primary N) is 2. The molecule has 8 heteroatoms. The van der Waals surface area contributed by atoms with E-state index in [2.05, 4.69) is 55.1 Å². The van der Waals surface area contributed by atoms with E-state index >= 15 is 0 Å². The van der Waals surface area contributed by atoms with Crippen LogP contribution in [0.2, 0.25) is 0 Å². The number of ether oxygens (including phenoxy) is 1. The van der Waals surface area contributed by atoms with Crippen LogP contribution in [0.15, 0.2) is 40.3 Å². The standard InChI is InChI=1S/C22H29N7O/c1-22(2,3)17-8-14(13-5-6-13)7-16-18(25)9-19(28-20(16)17)21(29-26-4)30-12-27-15(10-23)11-24/h7-11,13,23,27H,4-6,12,24H2,1-3H3,(H2,25,28)/b15-11+,23-10?,29-21-. The van der Waals surface area contributed by atoms with E-state index in [1.54, 1.807) is 6.07 Å². The Bertz CT molecular complexity index is 1030. The summed E-state index contributed by atoms with van der Waals surface area (Å²) in [5, 5.41) is 18.6. The van der Waals surface area contributed by atoms with E-state index < -0.39 is 0 Å². The van der Waals surface area contributed by atoms with Crippen LogP contribution in [0, 0.1) is 5.41 Å². The second-order valence-corrected chi connectivity index (χ2v) is 8.36. The first-order chi connectivity index (χ1) is 14.3. The van der Waals surface area contributed by atoms with Crippen LogP contribution < -0.4 is 16.8 Å². The van der Waals surface area contributed by atoms with Gasteiger partial charge in [0.2, 0.25) is 0 Å². The molecule has 0 radical (unpaired) electrons. The number of hydrogen-bond donors (Lipinski definition) is 4. The number of nitrogen functional groups attached to an aromatic ring is 1. The van der Waals surface area contributed by atoms with Gasteiger partial charge in [-0.15, -0.1) is 5.10 Å². The summed E-state index contributed by atoms with van der Waals surface area (Å²) in [4.78, 5) is 4.84. The zero-order valence-electron chi connectivity index (χ0n) is 17.7. The highest BCUT2D eigenvalue weighted by molar-refractivity contribution is 6.00. The predicted molar refractivity (Wildman–Crippen MR) is 123 cm³/mol. The smallest absolute Gasteiger partial charge is 0.261 e. The Kier molecular flexibility index (Phi) is 6.05. The zero-order valence-corrected chi connectivity index (χ0v) is 17.7. The molecule has 1 aliphatic rings. The first kappa shape index (κ1) is 21.3. The maximum Gasteiger partial charge on any atom is 0.261 e. The summed E-state index contributed by atoms with van der Waals surface area (Å²) in [6, 6.07) is 6.15.